The van der Waals surface area contributed by atoms with E-state index in [4.69, 9.17) is 18.9 Å². The van der Waals surface area contributed by atoms with Crippen molar-refractivity contribution in [2.45, 2.75) is 219 Å². The maximum Gasteiger partial charge on any atom is 0.302 e. The number of esters is 4. The van der Waals surface area contributed by atoms with Crippen LogP contribution in [0.5, 0.6) is 0 Å². The number of hydrogen-bond donors (Lipinski definition) is 4. The summed E-state index contributed by atoms with van der Waals surface area (Å²) in [6.45, 7) is 10.5. The summed E-state index contributed by atoms with van der Waals surface area (Å²) in [6.07, 6.45) is 11.7. The quantitative estimate of drug-likeness (QED) is 0.135. The molecule has 0 aromatic carbocycles. The molecule has 6 aliphatic carbocycles. The molecule has 12 heteroatoms. The average molecular weight is 833 g/mol. The lowest BCUT2D eigenvalue weighted by molar-refractivity contribution is -0.166. The number of hydrogen-bond acceptors (Lipinski definition) is 12. The zero-order chi connectivity index (χ0) is 42.9. The summed E-state index contributed by atoms with van der Waals surface area (Å²) >= 11 is 0. The van der Waals surface area contributed by atoms with Crippen LogP contribution in [0.1, 0.15) is 170 Å². The predicted octanol–water partition coefficient (Wildman–Crippen LogP) is 6.74. The van der Waals surface area contributed by atoms with Crippen molar-refractivity contribution in [3.63, 3.8) is 0 Å². The molecule has 0 heterocycles. The fraction of sp³-hybridized carbons (Fsp3) is 0.915. The van der Waals surface area contributed by atoms with Crippen LogP contribution in [0.15, 0.2) is 0 Å². The molecule has 12 unspecified atom stereocenters. The minimum atomic E-state index is -0.718. The van der Waals surface area contributed by atoms with Crippen molar-refractivity contribution in [3.05, 3.63) is 0 Å². The summed E-state index contributed by atoms with van der Waals surface area (Å²) in [4.78, 5) is 47.3. The highest BCUT2D eigenvalue weighted by Gasteiger charge is 2.56. The molecule has 12 nitrogen and oxygen atoms in total. The van der Waals surface area contributed by atoms with Gasteiger partial charge in [-0.2, -0.15) is 0 Å². The summed E-state index contributed by atoms with van der Waals surface area (Å²) in [5.41, 5.74) is -0.0806. The highest BCUT2D eigenvalue weighted by atomic mass is 16.6. The molecule has 0 aromatic rings. The summed E-state index contributed by atoms with van der Waals surface area (Å²) in [7, 11) is 0. The molecule has 0 amide bonds. The number of carbonyl (C=O) groups is 4. The van der Waals surface area contributed by atoms with E-state index in [9.17, 15) is 39.6 Å². The Morgan fingerprint density at radius 1 is 0.407 bits per heavy atom. The zero-order valence-corrected chi connectivity index (χ0v) is 36.8. The number of ether oxygens (including phenoxy) is 4. The molecule has 0 saturated heterocycles. The van der Waals surface area contributed by atoms with Crippen molar-refractivity contribution in [3.8, 4) is 0 Å². The Kier molecular flexibility index (Phi) is 14.9. The van der Waals surface area contributed by atoms with Crippen LogP contribution in [-0.4, -0.2) is 93.1 Å². The van der Waals surface area contributed by atoms with E-state index in [-0.39, 0.29) is 63.8 Å². The second kappa shape index (κ2) is 19.0. The molecular formula is C47H76O12. The number of carbonyl (C=O) groups excluding carboxylic acids is 4. The second-order valence-corrected chi connectivity index (χ2v) is 20.7. The zero-order valence-electron chi connectivity index (χ0n) is 36.8. The van der Waals surface area contributed by atoms with Gasteiger partial charge in [-0.15, -0.1) is 0 Å². The molecule has 6 saturated carbocycles. The average Bonchev–Trinajstić information content (AvgIpc) is 3.17. The van der Waals surface area contributed by atoms with Crippen molar-refractivity contribution in [1.82, 2.24) is 0 Å². The maximum atomic E-state index is 11.8. The van der Waals surface area contributed by atoms with Gasteiger partial charge in [0.2, 0.25) is 0 Å². The van der Waals surface area contributed by atoms with E-state index in [1.807, 2.05) is 0 Å². The van der Waals surface area contributed by atoms with Gasteiger partial charge in [0.05, 0.1) is 24.4 Å². The van der Waals surface area contributed by atoms with Gasteiger partial charge in [-0.1, -0.05) is 13.8 Å². The lowest BCUT2D eigenvalue weighted by Gasteiger charge is -2.59. The summed E-state index contributed by atoms with van der Waals surface area (Å²) < 4.78 is 22.1. The third-order valence-electron chi connectivity index (χ3n) is 17.5. The van der Waals surface area contributed by atoms with Crippen molar-refractivity contribution >= 4 is 23.9 Å². The van der Waals surface area contributed by atoms with Crippen LogP contribution >= 0.6 is 0 Å². The largest absolute Gasteiger partial charge is 0.460 e. The van der Waals surface area contributed by atoms with E-state index in [1.54, 1.807) is 0 Å². The first-order valence-corrected chi connectivity index (χ1v) is 23.3. The standard InChI is InChI=1S/C47H76O12/c1-27(48)56-41-11-7-33(23-37(41)52)46(34-8-12-42(38(53)24-34)57-28(2)49)19-15-31(16-20-46)45(5,6)32-17-21-47(22-18-32,35-9-13-43(39(54)25-35)58-29(3)50)36-10-14-44(40(55)26-36)59-30(4)51/h31-44,52-55H,7-26H2,1-6H3. The van der Waals surface area contributed by atoms with Gasteiger partial charge in [-0.05, 0) is 180 Å². The molecule has 6 rings (SSSR count). The maximum absolute atomic E-state index is 11.8. The van der Waals surface area contributed by atoms with Gasteiger partial charge in [0.1, 0.15) is 24.4 Å². The first-order valence-electron chi connectivity index (χ1n) is 23.3. The van der Waals surface area contributed by atoms with Gasteiger partial charge in [-0.25, -0.2) is 0 Å². The van der Waals surface area contributed by atoms with E-state index in [2.05, 4.69) is 13.8 Å². The van der Waals surface area contributed by atoms with Crippen LogP contribution in [0.25, 0.3) is 0 Å². The van der Waals surface area contributed by atoms with Gasteiger partial charge in [0.15, 0.2) is 0 Å². The summed E-state index contributed by atoms with van der Waals surface area (Å²) in [5, 5.41) is 45.1. The number of aliphatic hydroxyl groups is 4. The monoisotopic (exact) mass is 833 g/mol. The predicted molar refractivity (Wildman–Crippen MR) is 218 cm³/mol. The van der Waals surface area contributed by atoms with Crippen molar-refractivity contribution < 1.29 is 58.6 Å². The molecule has 59 heavy (non-hydrogen) atoms. The lowest BCUT2D eigenvalue weighted by atomic mass is 9.47. The highest BCUT2D eigenvalue weighted by Crippen LogP contribution is 2.63. The first-order chi connectivity index (χ1) is 27.8. The van der Waals surface area contributed by atoms with Crippen molar-refractivity contribution in [1.29, 1.82) is 0 Å². The Bertz CT molecular complexity index is 1270. The minimum absolute atomic E-state index is 0.0658. The fourth-order valence-corrected chi connectivity index (χ4v) is 14.4. The molecule has 0 radical (unpaired) electrons. The number of rotatable bonds is 10. The van der Waals surface area contributed by atoms with Crippen LogP contribution < -0.4 is 0 Å². The third kappa shape index (κ3) is 10.2. The molecule has 0 bridgehead atoms. The molecule has 0 spiro atoms. The van der Waals surface area contributed by atoms with Gasteiger partial charge < -0.3 is 39.4 Å². The van der Waals surface area contributed by atoms with Crippen molar-refractivity contribution in [2.24, 2.45) is 51.8 Å². The van der Waals surface area contributed by atoms with Gasteiger partial charge in [0.25, 0.3) is 0 Å². The Hall–Kier alpha value is -2.28. The molecule has 0 aliphatic heterocycles. The lowest BCUT2D eigenvalue weighted by Crippen LogP contribution is -2.53. The van der Waals surface area contributed by atoms with E-state index in [0.717, 1.165) is 77.0 Å². The Morgan fingerprint density at radius 2 is 0.627 bits per heavy atom. The van der Waals surface area contributed by atoms with Gasteiger partial charge in [-0.3, -0.25) is 19.2 Å². The molecule has 12 atom stereocenters. The molecule has 336 valence electrons. The van der Waals surface area contributed by atoms with Crippen LogP contribution in [0.3, 0.4) is 0 Å². The van der Waals surface area contributed by atoms with Crippen LogP contribution in [-0.2, 0) is 38.1 Å². The molecule has 4 N–H and O–H groups in total. The van der Waals surface area contributed by atoms with Crippen LogP contribution in [0.4, 0.5) is 0 Å². The van der Waals surface area contributed by atoms with Crippen LogP contribution in [0.2, 0.25) is 0 Å². The van der Waals surface area contributed by atoms with E-state index >= 15 is 0 Å². The number of aliphatic hydroxyl groups excluding tert-OH is 4. The second-order valence-electron chi connectivity index (χ2n) is 20.7. The highest BCUT2D eigenvalue weighted by molar-refractivity contribution is 5.67. The SMILES string of the molecule is CC(=O)OC1CCC(C2(C3CCC(OC(C)=O)C(O)C3)CCC(C(C)(C)C3CCC(C4CCC(OC(C)=O)C(O)C4)(C4CCC(OC(C)=O)C(O)C4)CC3)CC2)CC1O. The van der Waals surface area contributed by atoms with Crippen molar-refractivity contribution in [2.75, 3.05) is 0 Å². The first kappa shape index (κ1) is 46.2. The molecular weight excluding hydrogens is 757 g/mol. The van der Waals surface area contributed by atoms with E-state index in [0.29, 0.717) is 63.2 Å². The Morgan fingerprint density at radius 3 is 0.814 bits per heavy atom. The van der Waals surface area contributed by atoms with Gasteiger partial charge in [0, 0.05) is 27.7 Å². The molecule has 6 aliphatic rings. The third-order valence-corrected chi connectivity index (χ3v) is 17.5. The summed E-state index contributed by atoms with van der Waals surface area (Å²) in [5.74, 6) is 0.477. The molecule has 0 aromatic heterocycles. The smallest absolute Gasteiger partial charge is 0.302 e. The normalized spacial score (nSPS) is 43.5. The van der Waals surface area contributed by atoms with Gasteiger partial charge >= 0.3 is 23.9 Å². The topological polar surface area (TPSA) is 186 Å². The Balaban J connectivity index is 1.17. The minimum Gasteiger partial charge on any atom is -0.460 e. The molecule has 6 fully saturated rings. The van der Waals surface area contributed by atoms with E-state index < -0.39 is 48.8 Å². The van der Waals surface area contributed by atoms with Crippen LogP contribution in [0, 0.1) is 51.8 Å². The van der Waals surface area contributed by atoms with E-state index in [1.165, 1.54) is 27.7 Å². The fourth-order valence-electron chi connectivity index (χ4n) is 14.4. The summed E-state index contributed by atoms with van der Waals surface area (Å²) in [6, 6.07) is 0. The Labute approximate surface area is 352 Å².